The molecule has 0 atom stereocenters. The lowest BCUT2D eigenvalue weighted by Crippen LogP contribution is -2.14. The van der Waals surface area contributed by atoms with Gasteiger partial charge in [-0.1, -0.05) is 6.92 Å². The lowest BCUT2D eigenvalue weighted by Gasteiger charge is -2.16. The fourth-order valence-corrected chi connectivity index (χ4v) is 2.09. The van der Waals surface area contributed by atoms with Crippen molar-refractivity contribution in [3.05, 3.63) is 29.8 Å². The van der Waals surface area contributed by atoms with Crippen LogP contribution < -0.4 is 0 Å². The van der Waals surface area contributed by atoms with Crippen molar-refractivity contribution in [1.82, 2.24) is 19.7 Å². The van der Waals surface area contributed by atoms with Crippen LogP contribution in [0.25, 0.3) is 11.4 Å². The first kappa shape index (κ1) is 8.59. The highest BCUT2D eigenvalue weighted by molar-refractivity contribution is 5.59. The molecule has 1 aliphatic rings. The van der Waals surface area contributed by atoms with Crippen LogP contribution in [0.4, 0.5) is 0 Å². The standard InChI is InChI=1S/C11H12N4/c1-2-10-13-14-11-8-4-3-6-12-9(8)5-7-15(10)11/h3-4,6H,2,5,7H2,1H3. The molecular formula is C11H12N4. The van der Waals surface area contributed by atoms with Crippen LogP contribution in [0.2, 0.25) is 0 Å². The average Bonchev–Trinajstić information content (AvgIpc) is 2.72. The molecule has 0 spiro atoms. The molecule has 3 heterocycles. The molecule has 0 fully saturated rings. The van der Waals surface area contributed by atoms with Crippen molar-refractivity contribution in [2.45, 2.75) is 26.3 Å². The van der Waals surface area contributed by atoms with Gasteiger partial charge in [0, 0.05) is 31.1 Å². The highest BCUT2D eigenvalue weighted by atomic mass is 15.3. The highest BCUT2D eigenvalue weighted by Gasteiger charge is 2.20. The maximum atomic E-state index is 4.37. The van der Waals surface area contributed by atoms with Crippen molar-refractivity contribution in [3.8, 4) is 11.4 Å². The van der Waals surface area contributed by atoms with Crippen molar-refractivity contribution in [2.24, 2.45) is 0 Å². The zero-order valence-electron chi connectivity index (χ0n) is 8.64. The molecule has 4 heteroatoms. The van der Waals surface area contributed by atoms with Gasteiger partial charge in [-0.05, 0) is 12.1 Å². The van der Waals surface area contributed by atoms with Gasteiger partial charge in [0.25, 0.3) is 0 Å². The minimum Gasteiger partial charge on any atom is -0.311 e. The summed E-state index contributed by atoms with van der Waals surface area (Å²) in [5, 5.41) is 8.44. The first-order valence-corrected chi connectivity index (χ1v) is 5.26. The van der Waals surface area contributed by atoms with Gasteiger partial charge in [0.05, 0.1) is 5.69 Å². The molecule has 4 nitrogen and oxygen atoms in total. The van der Waals surface area contributed by atoms with Crippen LogP contribution in [0.1, 0.15) is 18.4 Å². The third-order valence-corrected chi connectivity index (χ3v) is 2.85. The van der Waals surface area contributed by atoms with Gasteiger partial charge in [-0.3, -0.25) is 4.98 Å². The number of fused-ring (bicyclic) bond motifs is 3. The molecule has 2 aromatic heterocycles. The Labute approximate surface area is 88.0 Å². The molecule has 0 N–H and O–H groups in total. The SMILES string of the molecule is CCc1nnc2n1CCc1ncccc1-2. The van der Waals surface area contributed by atoms with Crippen LogP contribution in [0.5, 0.6) is 0 Å². The number of nitrogens with zero attached hydrogens (tertiary/aromatic N) is 4. The second kappa shape index (κ2) is 3.15. The molecule has 0 bridgehead atoms. The summed E-state index contributed by atoms with van der Waals surface area (Å²) >= 11 is 0. The normalized spacial score (nSPS) is 13.4. The van der Waals surface area contributed by atoms with E-state index in [-0.39, 0.29) is 0 Å². The van der Waals surface area contributed by atoms with Gasteiger partial charge >= 0.3 is 0 Å². The van der Waals surface area contributed by atoms with E-state index in [0.717, 1.165) is 42.3 Å². The summed E-state index contributed by atoms with van der Waals surface area (Å²) in [6.45, 7) is 3.06. The fourth-order valence-electron chi connectivity index (χ4n) is 2.09. The predicted molar refractivity (Wildman–Crippen MR) is 56.3 cm³/mol. The quantitative estimate of drug-likeness (QED) is 0.700. The van der Waals surface area contributed by atoms with E-state index in [2.05, 4.69) is 32.7 Å². The molecule has 0 saturated heterocycles. The largest absolute Gasteiger partial charge is 0.311 e. The first-order chi connectivity index (χ1) is 7.40. The molecule has 0 aliphatic carbocycles. The molecule has 0 saturated carbocycles. The topological polar surface area (TPSA) is 43.6 Å². The van der Waals surface area contributed by atoms with Gasteiger partial charge in [-0.2, -0.15) is 0 Å². The van der Waals surface area contributed by atoms with Crippen LogP contribution >= 0.6 is 0 Å². The summed E-state index contributed by atoms with van der Waals surface area (Å²) in [5.74, 6) is 2.04. The van der Waals surface area contributed by atoms with Crippen molar-refractivity contribution < 1.29 is 0 Å². The minimum absolute atomic E-state index is 0.933. The van der Waals surface area contributed by atoms with E-state index in [1.54, 1.807) is 0 Å². The Morgan fingerprint density at radius 2 is 2.33 bits per heavy atom. The number of pyridine rings is 1. The molecule has 2 aromatic rings. The monoisotopic (exact) mass is 200 g/mol. The number of aromatic nitrogens is 4. The zero-order valence-corrected chi connectivity index (χ0v) is 8.64. The van der Waals surface area contributed by atoms with Crippen molar-refractivity contribution in [1.29, 1.82) is 0 Å². The maximum absolute atomic E-state index is 4.37. The van der Waals surface area contributed by atoms with E-state index < -0.39 is 0 Å². The highest BCUT2D eigenvalue weighted by Crippen LogP contribution is 2.26. The van der Waals surface area contributed by atoms with Gasteiger partial charge < -0.3 is 4.57 Å². The van der Waals surface area contributed by atoms with Crippen molar-refractivity contribution in [3.63, 3.8) is 0 Å². The average molecular weight is 200 g/mol. The number of aryl methyl sites for hydroxylation is 2. The Balaban J connectivity index is 2.22. The molecular weight excluding hydrogens is 188 g/mol. The van der Waals surface area contributed by atoms with Gasteiger partial charge in [-0.15, -0.1) is 10.2 Å². The van der Waals surface area contributed by atoms with Gasteiger partial charge in [0.2, 0.25) is 0 Å². The number of hydrogen-bond acceptors (Lipinski definition) is 3. The predicted octanol–water partition coefficient (Wildman–Crippen LogP) is 1.46. The third kappa shape index (κ3) is 1.17. The van der Waals surface area contributed by atoms with Crippen LogP contribution in [0.15, 0.2) is 18.3 Å². The molecule has 0 aromatic carbocycles. The van der Waals surface area contributed by atoms with Crippen molar-refractivity contribution in [2.75, 3.05) is 0 Å². The summed E-state index contributed by atoms with van der Waals surface area (Å²) in [4.78, 5) is 4.37. The smallest absolute Gasteiger partial charge is 0.165 e. The number of rotatable bonds is 1. The van der Waals surface area contributed by atoms with E-state index in [0.29, 0.717) is 0 Å². The van der Waals surface area contributed by atoms with Crippen LogP contribution in [0.3, 0.4) is 0 Å². The van der Waals surface area contributed by atoms with E-state index in [4.69, 9.17) is 0 Å². The lowest BCUT2D eigenvalue weighted by molar-refractivity contribution is 0.637. The van der Waals surface area contributed by atoms with E-state index in [1.807, 2.05) is 12.3 Å². The second-order valence-corrected chi connectivity index (χ2v) is 3.69. The molecule has 15 heavy (non-hydrogen) atoms. The summed E-state index contributed by atoms with van der Waals surface area (Å²) in [5.41, 5.74) is 2.27. The van der Waals surface area contributed by atoms with E-state index in [1.165, 1.54) is 0 Å². The Hall–Kier alpha value is -1.71. The van der Waals surface area contributed by atoms with Crippen LogP contribution in [-0.4, -0.2) is 19.7 Å². The Kier molecular flexibility index (Phi) is 1.80. The number of hydrogen-bond donors (Lipinski definition) is 0. The Bertz CT molecular complexity index is 501. The minimum atomic E-state index is 0.933. The molecule has 76 valence electrons. The van der Waals surface area contributed by atoms with Crippen LogP contribution in [-0.2, 0) is 19.4 Å². The van der Waals surface area contributed by atoms with E-state index >= 15 is 0 Å². The molecule has 0 unspecified atom stereocenters. The first-order valence-electron chi connectivity index (χ1n) is 5.26. The Morgan fingerprint density at radius 1 is 1.40 bits per heavy atom. The molecule has 3 rings (SSSR count). The summed E-state index contributed by atoms with van der Waals surface area (Å²) in [6.07, 6.45) is 3.75. The van der Waals surface area contributed by atoms with E-state index in [9.17, 15) is 0 Å². The second-order valence-electron chi connectivity index (χ2n) is 3.69. The Morgan fingerprint density at radius 3 is 3.20 bits per heavy atom. The van der Waals surface area contributed by atoms with Gasteiger partial charge in [0.15, 0.2) is 5.82 Å². The lowest BCUT2D eigenvalue weighted by atomic mass is 10.1. The summed E-state index contributed by atoms with van der Waals surface area (Å²) in [6, 6.07) is 4.02. The van der Waals surface area contributed by atoms with Gasteiger partial charge in [0.1, 0.15) is 5.82 Å². The van der Waals surface area contributed by atoms with Crippen molar-refractivity contribution >= 4 is 0 Å². The molecule has 0 amide bonds. The molecule has 0 radical (unpaired) electrons. The maximum Gasteiger partial charge on any atom is 0.165 e. The summed E-state index contributed by atoms with van der Waals surface area (Å²) < 4.78 is 2.20. The third-order valence-electron chi connectivity index (χ3n) is 2.85. The van der Waals surface area contributed by atoms with Crippen LogP contribution in [0, 0.1) is 0 Å². The molecule has 1 aliphatic heterocycles. The van der Waals surface area contributed by atoms with Gasteiger partial charge in [-0.25, -0.2) is 0 Å². The summed E-state index contributed by atoms with van der Waals surface area (Å²) in [7, 11) is 0. The zero-order chi connectivity index (χ0) is 10.3. The fraction of sp³-hybridized carbons (Fsp3) is 0.364.